The molecule has 0 bridgehead atoms. The number of rotatable bonds is 4. The van der Waals surface area contributed by atoms with E-state index >= 15 is 0 Å². The lowest BCUT2D eigenvalue weighted by Crippen LogP contribution is -2.23. The molecule has 0 aliphatic heterocycles. The monoisotopic (exact) mass is 333 g/mol. The number of hydrogen-bond acceptors (Lipinski definition) is 3. The molecule has 0 unspecified atom stereocenters. The van der Waals surface area contributed by atoms with Crippen LogP contribution in [0, 0.1) is 0 Å². The topological polar surface area (TPSA) is 85.1 Å². The molecule has 0 atom stereocenters. The molecule has 2 aromatic rings. The molecule has 0 saturated carbocycles. The second-order valence-electron chi connectivity index (χ2n) is 4.12. The van der Waals surface area contributed by atoms with Crippen LogP contribution in [-0.2, 0) is 6.54 Å². The van der Waals surface area contributed by atoms with Crippen molar-refractivity contribution in [2.24, 2.45) is 5.73 Å². The highest BCUT2D eigenvalue weighted by Gasteiger charge is 2.06. The number of primary amides is 1. The van der Waals surface area contributed by atoms with E-state index in [1.807, 2.05) is 6.07 Å². The van der Waals surface area contributed by atoms with E-state index in [0.29, 0.717) is 22.3 Å². The summed E-state index contributed by atoms with van der Waals surface area (Å²) >= 11 is 3.21. The average molecular weight is 334 g/mol. The average Bonchev–Trinajstić information content (AvgIpc) is 2.46. The van der Waals surface area contributed by atoms with E-state index in [0.717, 1.165) is 5.56 Å². The Morgan fingerprint density at radius 2 is 2.00 bits per heavy atom. The maximum atomic E-state index is 11.9. The summed E-state index contributed by atoms with van der Waals surface area (Å²) in [5, 5.41) is 2.75. The molecule has 0 aliphatic rings. The van der Waals surface area contributed by atoms with Gasteiger partial charge in [-0.3, -0.25) is 9.59 Å². The molecule has 0 aliphatic carbocycles. The molecule has 5 nitrogen and oxygen atoms in total. The maximum Gasteiger partial charge on any atom is 0.253 e. The van der Waals surface area contributed by atoms with Gasteiger partial charge in [0.2, 0.25) is 5.91 Å². The molecule has 1 aromatic carbocycles. The molecular formula is C14H12BrN3O2. The van der Waals surface area contributed by atoms with Gasteiger partial charge in [-0.1, -0.05) is 12.1 Å². The lowest BCUT2D eigenvalue weighted by atomic mass is 10.1. The lowest BCUT2D eigenvalue weighted by Gasteiger charge is -2.06. The third kappa shape index (κ3) is 3.64. The van der Waals surface area contributed by atoms with Crippen molar-refractivity contribution in [1.29, 1.82) is 0 Å². The summed E-state index contributed by atoms with van der Waals surface area (Å²) in [7, 11) is 0. The Morgan fingerprint density at radius 3 is 2.65 bits per heavy atom. The van der Waals surface area contributed by atoms with Crippen molar-refractivity contribution < 1.29 is 9.59 Å². The summed E-state index contributed by atoms with van der Waals surface area (Å²) in [5.41, 5.74) is 6.90. The predicted octanol–water partition coefficient (Wildman–Crippen LogP) is 1.87. The molecular weight excluding hydrogens is 322 g/mol. The van der Waals surface area contributed by atoms with Crippen LogP contribution in [0.5, 0.6) is 0 Å². The van der Waals surface area contributed by atoms with Crippen LogP contribution in [0.15, 0.2) is 47.2 Å². The molecule has 6 heteroatoms. The van der Waals surface area contributed by atoms with Gasteiger partial charge in [-0.2, -0.15) is 0 Å². The van der Waals surface area contributed by atoms with Gasteiger partial charge in [0.25, 0.3) is 5.91 Å². The zero-order valence-corrected chi connectivity index (χ0v) is 12.1. The fourth-order valence-electron chi connectivity index (χ4n) is 1.63. The van der Waals surface area contributed by atoms with Gasteiger partial charge in [-0.05, 0) is 45.8 Å². The van der Waals surface area contributed by atoms with Gasteiger partial charge in [0.05, 0.1) is 5.56 Å². The Kier molecular flexibility index (Phi) is 4.47. The molecule has 0 fully saturated rings. The molecule has 0 saturated heterocycles. The molecule has 20 heavy (non-hydrogen) atoms. The van der Waals surface area contributed by atoms with Gasteiger partial charge in [0.1, 0.15) is 4.60 Å². The van der Waals surface area contributed by atoms with Crippen LogP contribution in [0.1, 0.15) is 26.3 Å². The summed E-state index contributed by atoms with van der Waals surface area (Å²) < 4.78 is 0.670. The number of pyridine rings is 1. The van der Waals surface area contributed by atoms with Crippen LogP contribution in [0.3, 0.4) is 0 Å². The van der Waals surface area contributed by atoms with Gasteiger partial charge in [-0.15, -0.1) is 0 Å². The summed E-state index contributed by atoms with van der Waals surface area (Å²) in [6.45, 7) is 0.315. The van der Waals surface area contributed by atoms with E-state index in [4.69, 9.17) is 5.73 Å². The van der Waals surface area contributed by atoms with Crippen LogP contribution in [0.25, 0.3) is 0 Å². The number of nitrogens with zero attached hydrogens (tertiary/aromatic N) is 1. The van der Waals surface area contributed by atoms with Crippen LogP contribution in [0.4, 0.5) is 0 Å². The van der Waals surface area contributed by atoms with Crippen molar-refractivity contribution >= 4 is 27.7 Å². The second kappa shape index (κ2) is 6.29. The minimum Gasteiger partial charge on any atom is -0.366 e. The van der Waals surface area contributed by atoms with Crippen LogP contribution >= 0.6 is 15.9 Å². The Morgan fingerprint density at radius 1 is 1.20 bits per heavy atom. The van der Waals surface area contributed by atoms with Gasteiger partial charge in [-0.25, -0.2) is 4.98 Å². The van der Waals surface area contributed by atoms with Crippen LogP contribution in [0.2, 0.25) is 0 Å². The molecule has 2 rings (SSSR count). The summed E-state index contributed by atoms with van der Waals surface area (Å²) in [6.07, 6.45) is 1.49. The number of aromatic nitrogens is 1. The molecule has 2 amide bonds. The minimum atomic E-state index is -0.490. The molecule has 1 heterocycles. The first kappa shape index (κ1) is 14.2. The van der Waals surface area contributed by atoms with Gasteiger partial charge < -0.3 is 11.1 Å². The number of amides is 2. The summed E-state index contributed by atoms with van der Waals surface area (Å²) in [6, 6.07) is 10.2. The number of halogens is 1. The van der Waals surface area contributed by atoms with Crippen molar-refractivity contribution in [1.82, 2.24) is 10.3 Å². The Hall–Kier alpha value is -2.21. The highest BCUT2D eigenvalue weighted by Crippen LogP contribution is 2.07. The number of carbonyl (C=O) groups is 2. The first-order valence-electron chi connectivity index (χ1n) is 5.85. The van der Waals surface area contributed by atoms with E-state index < -0.39 is 5.91 Å². The standard InChI is InChI=1S/C14H12BrN3O2/c15-12-5-4-11(8-17-12)14(20)18-7-9-2-1-3-10(6-9)13(16)19/h1-6,8H,7H2,(H2,16,19)(H,18,20). The van der Waals surface area contributed by atoms with Crippen LogP contribution in [-0.4, -0.2) is 16.8 Å². The Bertz CT molecular complexity index is 641. The minimum absolute atomic E-state index is 0.227. The molecule has 1 aromatic heterocycles. The van der Waals surface area contributed by atoms with Gasteiger partial charge in [0, 0.05) is 18.3 Å². The van der Waals surface area contributed by atoms with Crippen molar-refractivity contribution in [2.75, 3.05) is 0 Å². The van der Waals surface area contributed by atoms with E-state index in [2.05, 4.69) is 26.2 Å². The molecule has 0 spiro atoms. The van der Waals surface area contributed by atoms with E-state index in [1.165, 1.54) is 6.20 Å². The first-order valence-corrected chi connectivity index (χ1v) is 6.64. The number of nitrogens with two attached hydrogens (primary N) is 1. The third-order valence-electron chi connectivity index (χ3n) is 2.65. The number of hydrogen-bond donors (Lipinski definition) is 2. The summed E-state index contributed by atoms with van der Waals surface area (Å²) in [5.74, 6) is -0.718. The third-order valence-corrected chi connectivity index (χ3v) is 3.12. The largest absolute Gasteiger partial charge is 0.366 e. The highest BCUT2D eigenvalue weighted by atomic mass is 79.9. The fraction of sp³-hybridized carbons (Fsp3) is 0.0714. The second-order valence-corrected chi connectivity index (χ2v) is 4.93. The maximum absolute atomic E-state index is 11.9. The lowest BCUT2D eigenvalue weighted by molar-refractivity contribution is 0.0950. The van der Waals surface area contributed by atoms with Gasteiger partial charge >= 0.3 is 0 Å². The molecule has 3 N–H and O–H groups in total. The molecule has 0 radical (unpaired) electrons. The predicted molar refractivity (Wildman–Crippen MR) is 78.1 cm³/mol. The molecule has 102 valence electrons. The summed E-state index contributed by atoms with van der Waals surface area (Å²) in [4.78, 5) is 26.9. The highest BCUT2D eigenvalue weighted by molar-refractivity contribution is 9.10. The quantitative estimate of drug-likeness (QED) is 0.837. The van der Waals surface area contributed by atoms with Crippen LogP contribution < -0.4 is 11.1 Å². The zero-order chi connectivity index (χ0) is 14.5. The number of carbonyl (C=O) groups excluding carboxylic acids is 2. The zero-order valence-electron chi connectivity index (χ0n) is 10.5. The van der Waals surface area contributed by atoms with Crippen molar-refractivity contribution in [2.45, 2.75) is 6.54 Å². The fourth-order valence-corrected chi connectivity index (χ4v) is 1.86. The number of benzene rings is 1. The van der Waals surface area contributed by atoms with Gasteiger partial charge in [0.15, 0.2) is 0 Å². The van der Waals surface area contributed by atoms with E-state index in [1.54, 1.807) is 30.3 Å². The van der Waals surface area contributed by atoms with Crippen molar-refractivity contribution in [3.8, 4) is 0 Å². The van der Waals surface area contributed by atoms with E-state index in [9.17, 15) is 9.59 Å². The first-order chi connectivity index (χ1) is 9.56. The number of nitrogens with one attached hydrogen (secondary N) is 1. The van der Waals surface area contributed by atoms with E-state index in [-0.39, 0.29) is 5.91 Å². The Labute approximate surface area is 124 Å². The Balaban J connectivity index is 2.01. The smallest absolute Gasteiger partial charge is 0.253 e. The van der Waals surface area contributed by atoms with Crippen molar-refractivity contribution in [3.05, 3.63) is 63.9 Å². The van der Waals surface area contributed by atoms with Crippen molar-refractivity contribution in [3.63, 3.8) is 0 Å². The normalized spacial score (nSPS) is 10.1. The SMILES string of the molecule is NC(=O)c1cccc(CNC(=O)c2ccc(Br)nc2)c1.